The van der Waals surface area contributed by atoms with E-state index in [0.717, 1.165) is 23.0 Å². The van der Waals surface area contributed by atoms with E-state index in [1.54, 1.807) is 0 Å². The smallest absolute Gasteiger partial charge is 0.331 e. The van der Waals surface area contributed by atoms with Gasteiger partial charge in [0.05, 0.1) is 6.54 Å². The molecule has 6 nitrogen and oxygen atoms in total. The maximum absolute atomic E-state index is 12.1. The molecule has 0 saturated carbocycles. The predicted molar refractivity (Wildman–Crippen MR) is 110 cm³/mol. The number of H-pyrrole nitrogens is 1. The molecular formula is C22H23N3O3. The summed E-state index contributed by atoms with van der Waals surface area (Å²) in [4.78, 5) is 30.9. The minimum Gasteiger partial charge on any atom is -0.494 e. The lowest BCUT2D eigenvalue weighted by molar-refractivity contribution is 0.408. The molecule has 0 bridgehead atoms. The van der Waals surface area contributed by atoms with Crippen LogP contribution in [-0.4, -0.2) is 26.9 Å². The Bertz CT molecular complexity index is 1050. The molecule has 2 N–H and O–H groups in total. The number of nitrogens with one attached hydrogen (secondary N) is 1. The van der Waals surface area contributed by atoms with Crippen LogP contribution in [0.4, 0.5) is 0 Å². The van der Waals surface area contributed by atoms with Gasteiger partial charge in [0.15, 0.2) is 0 Å². The van der Waals surface area contributed by atoms with Crippen molar-refractivity contribution in [3.05, 3.63) is 98.2 Å². The first-order valence-electron chi connectivity index (χ1n) is 9.21. The van der Waals surface area contributed by atoms with Crippen molar-refractivity contribution in [2.24, 2.45) is 4.99 Å². The Morgan fingerprint density at radius 1 is 1.04 bits per heavy atom. The molecule has 0 aliphatic rings. The van der Waals surface area contributed by atoms with E-state index in [0.29, 0.717) is 0 Å². The van der Waals surface area contributed by atoms with E-state index in [1.807, 2.05) is 55.5 Å². The fraction of sp³-hybridized carbons (Fsp3) is 0.227. The third-order valence-electron chi connectivity index (χ3n) is 4.54. The molecule has 2 aromatic carbocycles. The van der Waals surface area contributed by atoms with E-state index in [-0.39, 0.29) is 24.0 Å². The van der Waals surface area contributed by atoms with Crippen LogP contribution in [-0.2, 0) is 13.0 Å². The summed E-state index contributed by atoms with van der Waals surface area (Å²) in [6.07, 6.45) is 3.03. The molecule has 1 heterocycles. The molecule has 3 rings (SSSR count). The number of rotatable bonds is 7. The molecule has 0 aliphatic heterocycles. The fourth-order valence-electron chi connectivity index (χ4n) is 2.90. The lowest BCUT2D eigenvalue weighted by Crippen LogP contribution is -2.32. The van der Waals surface area contributed by atoms with Gasteiger partial charge in [0, 0.05) is 12.3 Å². The van der Waals surface area contributed by atoms with Crippen molar-refractivity contribution in [3.8, 4) is 5.88 Å². The van der Waals surface area contributed by atoms with E-state index in [1.165, 1.54) is 11.8 Å². The van der Waals surface area contributed by atoms with Gasteiger partial charge in [0.1, 0.15) is 5.56 Å². The molecule has 0 radical (unpaired) electrons. The summed E-state index contributed by atoms with van der Waals surface area (Å²) < 4.78 is 1.13. The van der Waals surface area contributed by atoms with Gasteiger partial charge in [0.2, 0.25) is 5.88 Å². The number of aliphatic imine (C=N–C) groups is 1. The average Bonchev–Trinajstić information content (AvgIpc) is 2.71. The molecular weight excluding hydrogens is 354 g/mol. The largest absolute Gasteiger partial charge is 0.494 e. The fourth-order valence-corrected chi connectivity index (χ4v) is 2.90. The van der Waals surface area contributed by atoms with E-state index in [4.69, 9.17) is 0 Å². The van der Waals surface area contributed by atoms with Crippen molar-refractivity contribution < 1.29 is 5.11 Å². The number of aromatic hydroxyl groups is 1. The number of nitrogens with zero attached hydrogens (tertiary/aromatic N) is 2. The van der Waals surface area contributed by atoms with Crippen molar-refractivity contribution in [2.45, 2.75) is 32.4 Å². The zero-order chi connectivity index (χ0) is 19.9. The first-order chi connectivity index (χ1) is 13.5. The van der Waals surface area contributed by atoms with E-state index in [9.17, 15) is 14.7 Å². The van der Waals surface area contributed by atoms with E-state index in [2.05, 4.69) is 22.1 Å². The van der Waals surface area contributed by atoms with Crippen molar-refractivity contribution in [1.29, 1.82) is 0 Å². The van der Waals surface area contributed by atoms with Gasteiger partial charge in [-0.05, 0) is 30.9 Å². The molecule has 28 heavy (non-hydrogen) atoms. The average molecular weight is 377 g/mol. The van der Waals surface area contributed by atoms with Crippen LogP contribution >= 0.6 is 0 Å². The number of aromatic amines is 1. The molecule has 3 aromatic rings. The zero-order valence-electron chi connectivity index (χ0n) is 15.7. The summed E-state index contributed by atoms with van der Waals surface area (Å²) in [6.45, 7) is 2.11. The summed E-state index contributed by atoms with van der Waals surface area (Å²) >= 11 is 0. The number of aryl methyl sites for hydroxylation is 1. The van der Waals surface area contributed by atoms with Crippen LogP contribution in [0.2, 0.25) is 0 Å². The van der Waals surface area contributed by atoms with Crippen molar-refractivity contribution in [3.63, 3.8) is 0 Å². The number of aromatic nitrogens is 2. The highest BCUT2D eigenvalue weighted by molar-refractivity contribution is 5.82. The first-order valence-corrected chi connectivity index (χ1v) is 9.21. The van der Waals surface area contributed by atoms with Crippen molar-refractivity contribution in [1.82, 2.24) is 9.55 Å². The Kier molecular flexibility index (Phi) is 6.22. The SMILES string of the molecule is CC(CCc1ccccc1)N=Cc1c(O)n(Cc2ccccc2)c(=O)[nH]c1=O. The minimum atomic E-state index is -0.652. The molecule has 0 fully saturated rings. The zero-order valence-corrected chi connectivity index (χ0v) is 15.7. The second-order valence-electron chi connectivity index (χ2n) is 6.72. The van der Waals surface area contributed by atoms with Gasteiger partial charge in [-0.25, -0.2) is 4.79 Å². The quantitative estimate of drug-likeness (QED) is 0.621. The van der Waals surface area contributed by atoms with Gasteiger partial charge in [-0.15, -0.1) is 0 Å². The second kappa shape index (κ2) is 8.99. The highest BCUT2D eigenvalue weighted by Gasteiger charge is 2.13. The van der Waals surface area contributed by atoms with Crippen LogP contribution in [0.25, 0.3) is 0 Å². The molecule has 6 heteroatoms. The van der Waals surface area contributed by atoms with Crippen LogP contribution < -0.4 is 11.2 Å². The molecule has 1 atom stereocenters. The van der Waals surface area contributed by atoms with Crippen molar-refractivity contribution in [2.75, 3.05) is 0 Å². The Hall–Kier alpha value is -3.41. The number of hydrogen-bond donors (Lipinski definition) is 2. The predicted octanol–water partition coefficient (Wildman–Crippen LogP) is 2.73. The standard InChI is InChI=1S/C22H23N3O3/c1-16(12-13-17-8-4-2-5-9-17)23-14-19-20(26)24-22(28)25(21(19)27)15-18-10-6-3-7-11-18/h2-11,14,16,27H,12-13,15H2,1H3,(H,24,26,28). The van der Waals surface area contributed by atoms with Crippen molar-refractivity contribution >= 4 is 6.21 Å². The third-order valence-corrected chi connectivity index (χ3v) is 4.54. The Morgan fingerprint density at radius 3 is 2.29 bits per heavy atom. The molecule has 1 unspecified atom stereocenters. The maximum atomic E-state index is 12.1. The Labute approximate surface area is 162 Å². The van der Waals surface area contributed by atoms with Crippen LogP contribution in [0.3, 0.4) is 0 Å². The van der Waals surface area contributed by atoms with Gasteiger partial charge in [0.25, 0.3) is 5.56 Å². The van der Waals surface area contributed by atoms with Gasteiger partial charge in [-0.3, -0.25) is 19.3 Å². The molecule has 1 aromatic heterocycles. The molecule has 144 valence electrons. The topological polar surface area (TPSA) is 87.4 Å². The maximum Gasteiger partial charge on any atom is 0.331 e. The van der Waals surface area contributed by atoms with E-state index >= 15 is 0 Å². The van der Waals surface area contributed by atoms with E-state index < -0.39 is 11.2 Å². The second-order valence-corrected chi connectivity index (χ2v) is 6.72. The molecule has 0 amide bonds. The normalized spacial score (nSPS) is 12.3. The number of benzene rings is 2. The minimum absolute atomic E-state index is 0.0120. The van der Waals surface area contributed by atoms with Crippen LogP contribution in [0, 0.1) is 0 Å². The monoisotopic (exact) mass is 377 g/mol. The third kappa shape index (κ3) is 4.85. The van der Waals surface area contributed by atoms with Crippen LogP contribution in [0.15, 0.2) is 75.2 Å². The first kappa shape index (κ1) is 19.4. The molecule has 0 saturated heterocycles. The molecule has 0 aliphatic carbocycles. The Balaban J connectivity index is 1.77. The number of hydrogen-bond acceptors (Lipinski definition) is 4. The highest BCUT2D eigenvalue weighted by atomic mass is 16.3. The van der Waals surface area contributed by atoms with Gasteiger partial charge in [-0.1, -0.05) is 60.7 Å². The summed E-state index contributed by atoms with van der Waals surface area (Å²) in [5, 5.41) is 10.5. The Morgan fingerprint density at radius 2 is 1.64 bits per heavy atom. The molecule has 0 spiro atoms. The summed E-state index contributed by atoms with van der Waals surface area (Å²) in [7, 11) is 0. The lowest BCUT2D eigenvalue weighted by atomic mass is 10.1. The summed E-state index contributed by atoms with van der Waals surface area (Å²) in [5.41, 5.74) is 0.751. The van der Waals surface area contributed by atoms with Crippen LogP contribution in [0.1, 0.15) is 30.0 Å². The van der Waals surface area contributed by atoms with Gasteiger partial charge < -0.3 is 5.11 Å². The van der Waals surface area contributed by atoms with Crippen LogP contribution in [0.5, 0.6) is 5.88 Å². The van der Waals surface area contributed by atoms with Gasteiger partial charge in [-0.2, -0.15) is 0 Å². The highest BCUT2D eigenvalue weighted by Crippen LogP contribution is 2.12. The summed E-state index contributed by atoms with van der Waals surface area (Å²) in [5.74, 6) is -0.378. The summed E-state index contributed by atoms with van der Waals surface area (Å²) in [6, 6.07) is 19.3. The van der Waals surface area contributed by atoms with Gasteiger partial charge >= 0.3 is 5.69 Å². The lowest BCUT2D eigenvalue weighted by Gasteiger charge is -2.10.